The Kier molecular flexibility index (Phi) is 1.67. The average molecular weight is 130 g/mol. The van der Waals surface area contributed by atoms with E-state index in [0.29, 0.717) is 0 Å². The highest BCUT2D eigenvalue weighted by Gasteiger charge is 2.06. The molecule has 8 heavy (non-hydrogen) atoms. The molecule has 0 unspecified atom stereocenters. The van der Waals surface area contributed by atoms with Crippen LogP contribution in [0.1, 0.15) is 2.74 Å². The van der Waals surface area contributed by atoms with Gasteiger partial charge in [0.1, 0.15) is 14.6 Å². The van der Waals surface area contributed by atoms with Gasteiger partial charge in [-0.3, -0.25) is 0 Å². The van der Waals surface area contributed by atoms with E-state index in [2.05, 4.69) is 11.5 Å². The molecule has 0 aromatic carbocycles. The third-order valence-corrected chi connectivity index (χ3v) is 1.37. The van der Waals surface area contributed by atoms with Crippen molar-refractivity contribution < 1.29 is 7.85 Å². The first-order valence-corrected chi connectivity index (χ1v) is 5.97. The van der Waals surface area contributed by atoms with Crippen LogP contribution in [0.2, 0.25) is 19.6 Å². The Bertz CT molecular complexity index is 149. The molecule has 0 amide bonds. The molecule has 0 heterocycles. The zero-order valence-electron chi connectivity index (χ0n) is 7.45. The molecule has 2 heteroatoms. The van der Waals surface area contributed by atoms with E-state index in [1.807, 2.05) is 19.6 Å². The monoisotopic (exact) mass is 130 g/mol. The molecule has 0 spiro atoms. The van der Waals surface area contributed by atoms with E-state index in [9.17, 15) is 0 Å². The van der Waals surface area contributed by atoms with E-state index >= 15 is 0 Å². The van der Waals surface area contributed by atoms with Crippen molar-refractivity contribution in [3.05, 3.63) is 0 Å². The summed E-state index contributed by atoms with van der Waals surface area (Å²) in [6.45, 7) is 3.66. The van der Waals surface area contributed by atoms with Crippen LogP contribution in [-0.4, -0.2) is 19.7 Å². The summed E-state index contributed by atoms with van der Waals surface area (Å²) in [5.41, 5.74) is 2.73. The number of aliphatic hydroxyl groups is 1. The summed E-state index contributed by atoms with van der Waals surface area (Å²) in [6.07, 6.45) is 0. The first-order chi connectivity index (χ1) is 4.21. The quantitative estimate of drug-likeness (QED) is 0.381. The Balaban J connectivity index is 4.19. The molecule has 1 nitrogen and oxygen atoms in total. The van der Waals surface area contributed by atoms with E-state index in [4.69, 9.17) is 7.85 Å². The predicted octanol–water partition coefficient (Wildman–Crippen LogP) is 0.859. The van der Waals surface area contributed by atoms with Crippen LogP contribution in [0.15, 0.2) is 0 Å². The van der Waals surface area contributed by atoms with Crippen LogP contribution in [-0.2, 0) is 0 Å². The summed E-state index contributed by atoms with van der Waals surface area (Å²) in [7, 11) is -1.53. The SMILES string of the molecule is [2H]C([2H])(O)C#C[Si](C)(C)C. The van der Waals surface area contributed by atoms with Crippen LogP contribution in [0.5, 0.6) is 0 Å². The lowest BCUT2D eigenvalue weighted by atomic mass is 10.8. The Labute approximate surface area is 54.5 Å². The third-order valence-electron chi connectivity index (χ3n) is 0.493. The van der Waals surface area contributed by atoms with E-state index in [1.54, 1.807) is 0 Å². The molecule has 0 saturated carbocycles. The highest BCUT2D eigenvalue weighted by atomic mass is 28.3. The zero-order chi connectivity index (χ0) is 8.41. The molecular formula is C6H12OSi. The van der Waals surface area contributed by atoms with Crippen molar-refractivity contribution in [1.82, 2.24) is 0 Å². The molecule has 0 bridgehead atoms. The Morgan fingerprint density at radius 1 is 1.62 bits per heavy atom. The summed E-state index contributed by atoms with van der Waals surface area (Å²) in [5.74, 6) is 2.16. The van der Waals surface area contributed by atoms with Crippen molar-refractivity contribution in [2.75, 3.05) is 6.56 Å². The number of hydrogen-bond acceptors (Lipinski definition) is 1. The molecule has 0 aromatic heterocycles. The minimum Gasteiger partial charge on any atom is -0.384 e. The van der Waals surface area contributed by atoms with Gasteiger partial charge in [0.15, 0.2) is 0 Å². The van der Waals surface area contributed by atoms with Crippen molar-refractivity contribution in [2.45, 2.75) is 19.6 Å². The third kappa shape index (κ3) is 5.74. The second-order valence-electron chi connectivity index (χ2n) is 2.61. The second kappa shape index (κ2) is 2.90. The maximum atomic E-state index is 8.56. The summed E-state index contributed by atoms with van der Waals surface area (Å²) in [4.78, 5) is 0. The van der Waals surface area contributed by atoms with Gasteiger partial charge in [0, 0.05) is 0 Å². The standard InChI is InChI=1S/C6H12OSi/c1-8(2,3)6-4-5-7/h7H,5H2,1-3H3/i5D2. The van der Waals surface area contributed by atoms with E-state index in [-0.39, 0.29) is 0 Å². The van der Waals surface area contributed by atoms with Crippen LogP contribution >= 0.6 is 0 Å². The molecular weight excluding hydrogens is 116 g/mol. The highest BCUT2D eigenvalue weighted by molar-refractivity contribution is 6.83. The summed E-state index contributed by atoms with van der Waals surface area (Å²) in [6, 6.07) is 0. The summed E-state index contributed by atoms with van der Waals surface area (Å²) >= 11 is 0. The minimum atomic E-state index is -2.32. The topological polar surface area (TPSA) is 20.2 Å². The van der Waals surface area contributed by atoms with Gasteiger partial charge in [-0.25, -0.2) is 0 Å². The van der Waals surface area contributed by atoms with Gasteiger partial charge in [0.05, 0.1) is 2.74 Å². The molecule has 0 aliphatic rings. The lowest BCUT2D eigenvalue weighted by Crippen LogP contribution is -2.16. The molecule has 0 rings (SSSR count). The van der Waals surface area contributed by atoms with Gasteiger partial charge in [0.25, 0.3) is 0 Å². The number of hydrogen-bond donors (Lipinski definition) is 1. The Hall–Kier alpha value is -0.263. The molecule has 0 aromatic rings. The van der Waals surface area contributed by atoms with Gasteiger partial charge in [0.2, 0.25) is 0 Å². The van der Waals surface area contributed by atoms with Gasteiger partial charge < -0.3 is 5.11 Å². The Morgan fingerprint density at radius 2 is 2.12 bits per heavy atom. The fraction of sp³-hybridized carbons (Fsp3) is 0.667. The zero-order valence-corrected chi connectivity index (χ0v) is 6.45. The highest BCUT2D eigenvalue weighted by Crippen LogP contribution is 1.95. The molecule has 0 radical (unpaired) electrons. The molecule has 0 fully saturated rings. The smallest absolute Gasteiger partial charge is 0.129 e. The van der Waals surface area contributed by atoms with Gasteiger partial charge in [-0.1, -0.05) is 25.6 Å². The largest absolute Gasteiger partial charge is 0.384 e. The van der Waals surface area contributed by atoms with Crippen molar-refractivity contribution in [3.63, 3.8) is 0 Å². The number of rotatable bonds is 0. The maximum Gasteiger partial charge on any atom is 0.129 e. The lowest BCUT2D eigenvalue weighted by molar-refractivity contribution is 0.350. The van der Waals surface area contributed by atoms with E-state index < -0.39 is 14.6 Å². The second-order valence-corrected chi connectivity index (χ2v) is 7.36. The van der Waals surface area contributed by atoms with E-state index in [0.717, 1.165) is 0 Å². The van der Waals surface area contributed by atoms with Crippen LogP contribution in [0.25, 0.3) is 0 Å². The molecule has 0 saturated heterocycles. The fourth-order valence-corrected chi connectivity index (χ4v) is 0.646. The molecule has 0 aliphatic carbocycles. The van der Waals surface area contributed by atoms with Crippen LogP contribution < -0.4 is 0 Å². The summed E-state index contributed by atoms with van der Waals surface area (Å²) < 4.78 is 13.4. The minimum absolute atomic E-state index is 1.53. The van der Waals surface area contributed by atoms with Crippen molar-refractivity contribution in [2.24, 2.45) is 0 Å². The van der Waals surface area contributed by atoms with Gasteiger partial charge >= 0.3 is 0 Å². The summed E-state index contributed by atoms with van der Waals surface area (Å²) in [5, 5.41) is 8.56. The van der Waals surface area contributed by atoms with Crippen molar-refractivity contribution in [3.8, 4) is 11.5 Å². The molecule has 0 aliphatic heterocycles. The van der Waals surface area contributed by atoms with Crippen molar-refractivity contribution in [1.29, 1.82) is 0 Å². The first kappa shape index (κ1) is 4.60. The molecule has 46 valence electrons. The fourth-order valence-electron chi connectivity index (χ4n) is 0.215. The normalized spacial score (nSPS) is 15.5. The average Bonchev–Trinajstić information content (AvgIpc) is 1.57. The van der Waals surface area contributed by atoms with Gasteiger partial charge in [-0.15, -0.1) is 5.54 Å². The van der Waals surface area contributed by atoms with Crippen LogP contribution in [0.4, 0.5) is 0 Å². The van der Waals surface area contributed by atoms with Crippen LogP contribution in [0, 0.1) is 11.5 Å². The van der Waals surface area contributed by atoms with E-state index in [1.165, 1.54) is 0 Å². The Morgan fingerprint density at radius 3 is 2.25 bits per heavy atom. The molecule has 1 N–H and O–H groups in total. The van der Waals surface area contributed by atoms with Crippen LogP contribution in [0.3, 0.4) is 0 Å². The maximum absolute atomic E-state index is 8.56. The predicted molar refractivity (Wildman–Crippen MR) is 38.2 cm³/mol. The molecule has 0 atom stereocenters. The first-order valence-electron chi connectivity index (χ1n) is 3.47. The lowest BCUT2D eigenvalue weighted by Gasteiger charge is -2.02. The van der Waals surface area contributed by atoms with Gasteiger partial charge in [-0.05, 0) is 0 Å². The van der Waals surface area contributed by atoms with Crippen molar-refractivity contribution >= 4 is 8.07 Å². The van der Waals surface area contributed by atoms with Gasteiger partial charge in [-0.2, -0.15) is 0 Å².